The first-order valence-electron chi connectivity index (χ1n) is 23.1. The molecule has 0 spiro atoms. The van der Waals surface area contributed by atoms with Crippen molar-refractivity contribution in [3.8, 4) is 5.75 Å². The van der Waals surface area contributed by atoms with Crippen molar-refractivity contribution in [1.82, 2.24) is 15.1 Å². The van der Waals surface area contributed by atoms with E-state index in [9.17, 15) is 9.59 Å². The summed E-state index contributed by atoms with van der Waals surface area (Å²) in [6, 6.07) is 8.18. The highest BCUT2D eigenvalue weighted by atomic mass is 16.5. The monoisotopic (exact) mass is 766 g/mol. The van der Waals surface area contributed by atoms with E-state index in [4.69, 9.17) is 4.74 Å². The predicted molar refractivity (Wildman–Crippen MR) is 228 cm³/mol. The van der Waals surface area contributed by atoms with Crippen LogP contribution in [0.1, 0.15) is 143 Å². The van der Waals surface area contributed by atoms with Crippen molar-refractivity contribution >= 4 is 18.0 Å². The Morgan fingerprint density at radius 2 is 1.59 bits per heavy atom. The number of carbonyl (C=O) groups excluding carboxylic acids is 2. The van der Waals surface area contributed by atoms with E-state index >= 15 is 0 Å². The normalized spacial score (nSPS) is 39.7. The molecular weight excluding hydrogens is 691 g/mol. The molecule has 6 heteroatoms. The van der Waals surface area contributed by atoms with Crippen molar-refractivity contribution in [2.75, 3.05) is 39.3 Å². The number of amides is 1. The van der Waals surface area contributed by atoms with Gasteiger partial charge in [-0.1, -0.05) is 84.2 Å². The zero-order valence-electron chi connectivity index (χ0n) is 36.1. The first-order chi connectivity index (χ1) is 26.8. The molecule has 308 valence electrons. The second-order valence-corrected chi connectivity index (χ2v) is 21.5. The van der Waals surface area contributed by atoms with Crippen molar-refractivity contribution in [2.45, 2.75) is 143 Å². The predicted octanol–water partition coefficient (Wildman–Crippen LogP) is 10.3. The van der Waals surface area contributed by atoms with Gasteiger partial charge in [0.1, 0.15) is 5.75 Å². The summed E-state index contributed by atoms with van der Waals surface area (Å²) < 4.78 is 5.13. The molecule has 6 nitrogen and oxygen atoms in total. The molecule has 6 aliphatic carbocycles. The molecule has 0 unspecified atom stereocenters. The van der Waals surface area contributed by atoms with Gasteiger partial charge in [-0.3, -0.25) is 14.5 Å². The lowest BCUT2D eigenvalue weighted by atomic mass is 9.33. The third-order valence-corrected chi connectivity index (χ3v) is 18.8. The van der Waals surface area contributed by atoms with Gasteiger partial charge in [0.25, 0.3) is 6.47 Å². The Morgan fingerprint density at radius 1 is 0.857 bits per heavy atom. The lowest BCUT2D eigenvalue weighted by molar-refractivity contribution is -0.219. The molecule has 0 aromatic heterocycles. The summed E-state index contributed by atoms with van der Waals surface area (Å²) in [5, 5.41) is 4.35. The molecule has 0 radical (unpaired) electrons. The highest BCUT2D eigenvalue weighted by Gasteiger charge is 2.70. The first kappa shape index (κ1) is 40.3. The Kier molecular flexibility index (Phi) is 11.0. The summed E-state index contributed by atoms with van der Waals surface area (Å²) in [5.74, 6) is 4.99. The van der Waals surface area contributed by atoms with Crippen LogP contribution in [-0.4, -0.2) is 67.0 Å². The number of nitrogens with one attached hydrogen (secondary N) is 1. The van der Waals surface area contributed by atoms with Gasteiger partial charge >= 0.3 is 0 Å². The van der Waals surface area contributed by atoms with Crippen molar-refractivity contribution in [3.05, 3.63) is 48.1 Å². The Morgan fingerprint density at radius 3 is 2.29 bits per heavy atom. The number of ether oxygens (including phenoxy) is 1. The molecule has 1 aliphatic heterocycles. The molecule has 6 fully saturated rings. The Labute approximate surface area is 340 Å². The van der Waals surface area contributed by atoms with Crippen molar-refractivity contribution in [3.63, 3.8) is 0 Å². The van der Waals surface area contributed by atoms with Crippen LogP contribution in [0.4, 0.5) is 0 Å². The van der Waals surface area contributed by atoms with E-state index in [0.717, 1.165) is 58.0 Å². The number of carbonyl (C=O) groups is 2. The van der Waals surface area contributed by atoms with Crippen molar-refractivity contribution in [1.29, 1.82) is 0 Å². The highest BCUT2D eigenvalue weighted by molar-refractivity contribution is 5.76. The van der Waals surface area contributed by atoms with Crippen LogP contribution in [0.3, 0.4) is 0 Å². The third-order valence-electron chi connectivity index (χ3n) is 18.8. The van der Waals surface area contributed by atoms with Gasteiger partial charge in [0.15, 0.2) is 0 Å². The quantitative estimate of drug-likeness (QED) is 0.190. The van der Waals surface area contributed by atoms with Gasteiger partial charge in [0.2, 0.25) is 5.91 Å². The lowest BCUT2D eigenvalue weighted by Crippen LogP contribution is -2.68. The maximum absolute atomic E-state index is 13.1. The number of nitrogens with zero attached hydrogens (tertiary/aromatic N) is 2. The van der Waals surface area contributed by atoms with Crippen LogP contribution >= 0.6 is 0 Å². The SMILES string of the molecule is C=C(C)[C@@H]1CC[C@]2(NCCN3CCN(C(=O)CC4CCCCC4)CC3)CC[C@]3(C)[C@H](CC[C@@H]4[C@@]5(C)CC=C(c6ccc(OC=O)cc6)C(C)(C)[C@@H]5CC[C@]43C)[C@@H]12. The molecule has 1 heterocycles. The largest absolute Gasteiger partial charge is 0.429 e. The van der Waals surface area contributed by atoms with E-state index in [1.807, 2.05) is 12.1 Å². The van der Waals surface area contributed by atoms with E-state index in [0.29, 0.717) is 58.5 Å². The van der Waals surface area contributed by atoms with E-state index in [1.54, 1.807) is 0 Å². The van der Waals surface area contributed by atoms with E-state index < -0.39 is 0 Å². The minimum Gasteiger partial charge on any atom is -0.429 e. The number of piperazine rings is 1. The van der Waals surface area contributed by atoms with Crippen LogP contribution in [0, 0.1) is 57.2 Å². The molecule has 8 rings (SSSR count). The Balaban J connectivity index is 0.954. The van der Waals surface area contributed by atoms with Crippen LogP contribution in [0.5, 0.6) is 5.75 Å². The molecule has 0 bridgehead atoms. The summed E-state index contributed by atoms with van der Waals surface area (Å²) in [7, 11) is 0. The fraction of sp³-hybridized carbons (Fsp3) is 0.760. The number of rotatable bonds is 10. The Bertz CT molecular complexity index is 1650. The summed E-state index contributed by atoms with van der Waals surface area (Å²) >= 11 is 0. The molecule has 1 saturated heterocycles. The van der Waals surface area contributed by atoms with E-state index in [2.05, 4.69) is 81.4 Å². The maximum atomic E-state index is 13.1. The average molecular weight is 766 g/mol. The second kappa shape index (κ2) is 15.3. The molecule has 56 heavy (non-hydrogen) atoms. The van der Waals surface area contributed by atoms with Gasteiger partial charge in [-0.25, -0.2) is 0 Å². The van der Waals surface area contributed by atoms with Gasteiger partial charge in [0.05, 0.1) is 0 Å². The van der Waals surface area contributed by atoms with Crippen LogP contribution in [0.25, 0.3) is 5.57 Å². The average Bonchev–Trinajstić information content (AvgIpc) is 3.56. The number of allylic oxidation sites excluding steroid dienone is 3. The van der Waals surface area contributed by atoms with E-state index in [-0.39, 0.29) is 16.4 Å². The number of fused-ring (bicyclic) bond motifs is 7. The van der Waals surface area contributed by atoms with Crippen LogP contribution in [-0.2, 0) is 9.59 Å². The molecular formula is C50H75N3O3. The number of benzene rings is 1. The summed E-state index contributed by atoms with van der Waals surface area (Å²) in [6.45, 7) is 26.7. The van der Waals surface area contributed by atoms with E-state index in [1.165, 1.54) is 100 Å². The molecule has 1 amide bonds. The third kappa shape index (κ3) is 6.67. The fourth-order valence-corrected chi connectivity index (χ4v) is 15.8. The van der Waals surface area contributed by atoms with Gasteiger partial charge < -0.3 is 15.0 Å². The maximum Gasteiger partial charge on any atom is 0.298 e. The molecule has 7 aliphatic rings. The fourth-order valence-electron chi connectivity index (χ4n) is 15.8. The van der Waals surface area contributed by atoms with Crippen LogP contribution in [0.2, 0.25) is 0 Å². The Hall–Kier alpha value is -2.44. The molecule has 5 saturated carbocycles. The van der Waals surface area contributed by atoms with Gasteiger partial charge in [-0.2, -0.15) is 0 Å². The minimum absolute atomic E-state index is 0.0678. The van der Waals surface area contributed by atoms with Gasteiger partial charge in [-0.05, 0) is 158 Å². The number of hydrogen-bond acceptors (Lipinski definition) is 5. The standard InChI is InChI=1S/C50H75N3O3/c1-35(2)39-19-24-50(51-27-28-52-29-31-53(32-30-52)44(55)33-36-11-9-8-10-12-36)26-25-48(6)41(45(39)50)17-18-43-47(5)22-20-40(37-13-15-38(16-14-37)56-34-54)46(3,4)42(47)21-23-49(43,48)7/h13-16,20,34,36,39,41-43,45,51H,1,8-12,17-19,21-33H2,2-7H3/t39-,41+,42-,43+,45+,47-,48+,49+,50-/m0/s1. The van der Waals surface area contributed by atoms with Crippen molar-refractivity contribution in [2.24, 2.45) is 57.2 Å². The molecule has 9 atom stereocenters. The molecule has 1 N–H and O–H groups in total. The van der Waals surface area contributed by atoms with Crippen LogP contribution < -0.4 is 10.1 Å². The smallest absolute Gasteiger partial charge is 0.298 e. The zero-order chi connectivity index (χ0) is 39.5. The summed E-state index contributed by atoms with van der Waals surface area (Å²) in [4.78, 5) is 28.9. The van der Waals surface area contributed by atoms with Gasteiger partial charge in [0, 0.05) is 51.2 Å². The lowest BCUT2D eigenvalue weighted by Gasteiger charge is -2.72. The number of hydrogen-bond donors (Lipinski definition) is 1. The highest BCUT2D eigenvalue weighted by Crippen LogP contribution is 2.76. The minimum atomic E-state index is 0.0678. The van der Waals surface area contributed by atoms with Gasteiger partial charge in [-0.15, -0.1) is 0 Å². The molecule has 1 aromatic carbocycles. The summed E-state index contributed by atoms with van der Waals surface area (Å²) in [6.07, 6.45) is 21.5. The summed E-state index contributed by atoms with van der Waals surface area (Å²) in [5.41, 5.74) is 5.34. The second-order valence-electron chi connectivity index (χ2n) is 21.5. The molecule has 1 aromatic rings. The zero-order valence-corrected chi connectivity index (χ0v) is 36.1. The topological polar surface area (TPSA) is 61.9 Å². The van der Waals surface area contributed by atoms with Crippen molar-refractivity contribution < 1.29 is 14.3 Å². The van der Waals surface area contributed by atoms with Crippen LogP contribution in [0.15, 0.2) is 42.5 Å². The first-order valence-corrected chi connectivity index (χ1v) is 23.1.